The molecule has 0 aliphatic heterocycles. The van der Waals surface area contributed by atoms with Gasteiger partial charge in [0.2, 0.25) is 0 Å². The first kappa shape index (κ1) is 14.2. The van der Waals surface area contributed by atoms with Gasteiger partial charge < -0.3 is 9.47 Å². The van der Waals surface area contributed by atoms with Gasteiger partial charge in [-0.2, -0.15) is 0 Å². The number of carbonyl (C=O) groups is 2. The normalized spacial score (nSPS) is 9.94. The zero-order valence-electron chi connectivity index (χ0n) is 10.4. The van der Waals surface area contributed by atoms with Gasteiger partial charge in [0, 0.05) is 6.07 Å². The zero-order valence-corrected chi connectivity index (χ0v) is 10.4. The number of esters is 1. The van der Waals surface area contributed by atoms with Crippen LogP contribution in [0.1, 0.15) is 30.6 Å². The lowest BCUT2D eigenvalue weighted by molar-refractivity contribution is -0.137. The number of hydrogen-bond donors (Lipinski definition) is 0. The van der Waals surface area contributed by atoms with Crippen molar-refractivity contribution in [2.45, 2.75) is 20.3 Å². The first-order valence-electron chi connectivity index (χ1n) is 5.74. The van der Waals surface area contributed by atoms with Crippen molar-refractivity contribution in [3.05, 3.63) is 29.6 Å². The van der Waals surface area contributed by atoms with Crippen LogP contribution in [-0.2, 0) is 9.53 Å². The van der Waals surface area contributed by atoms with E-state index in [1.807, 2.05) is 6.92 Å². The van der Waals surface area contributed by atoms with Crippen LogP contribution in [0.5, 0.6) is 5.75 Å². The van der Waals surface area contributed by atoms with Crippen molar-refractivity contribution < 1.29 is 23.5 Å². The number of ketones is 1. The molecule has 0 bridgehead atoms. The number of ether oxygens (including phenoxy) is 2. The number of carbonyl (C=O) groups excluding carboxylic acids is 2. The van der Waals surface area contributed by atoms with Crippen LogP contribution in [0, 0.1) is 5.82 Å². The summed E-state index contributed by atoms with van der Waals surface area (Å²) < 4.78 is 22.9. The van der Waals surface area contributed by atoms with Crippen molar-refractivity contribution >= 4 is 11.8 Å². The van der Waals surface area contributed by atoms with E-state index < -0.39 is 17.6 Å². The molecule has 1 aromatic rings. The second-order valence-electron chi connectivity index (χ2n) is 3.54. The Labute approximate surface area is 105 Å². The van der Waals surface area contributed by atoms with Gasteiger partial charge in [-0.05, 0) is 25.5 Å². The minimum Gasteiger partial charge on any atom is -0.493 e. The molecule has 0 aromatic heterocycles. The Hall–Kier alpha value is -1.91. The average molecular weight is 254 g/mol. The van der Waals surface area contributed by atoms with Gasteiger partial charge in [-0.3, -0.25) is 4.79 Å². The van der Waals surface area contributed by atoms with Gasteiger partial charge in [0.1, 0.15) is 11.6 Å². The third-order valence-corrected chi connectivity index (χ3v) is 2.11. The molecular weight excluding hydrogens is 239 g/mol. The van der Waals surface area contributed by atoms with Crippen LogP contribution in [-0.4, -0.2) is 25.0 Å². The summed E-state index contributed by atoms with van der Waals surface area (Å²) in [5, 5.41) is 0. The molecule has 0 heterocycles. The van der Waals surface area contributed by atoms with E-state index in [-0.39, 0.29) is 17.9 Å². The van der Waals surface area contributed by atoms with E-state index in [1.54, 1.807) is 6.92 Å². The predicted molar refractivity (Wildman–Crippen MR) is 63.1 cm³/mol. The van der Waals surface area contributed by atoms with E-state index >= 15 is 0 Å². The molecule has 1 aromatic carbocycles. The summed E-state index contributed by atoms with van der Waals surface area (Å²) in [6.45, 7) is 3.93. The Morgan fingerprint density at radius 1 is 1.28 bits per heavy atom. The molecular formula is C13H15FO4. The highest BCUT2D eigenvalue weighted by atomic mass is 19.1. The molecule has 0 atom stereocenters. The summed E-state index contributed by atoms with van der Waals surface area (Å²) in [7, 11) is 0. The summed E-state index contributed by atoms with van der Waals surface area (Å²) in [5.74, 6) is -2.26. The molecule has 1 rings (SSSR count). The Morgan fingerprint density at radius 3 is 2.61 bits per heavy atom. The fourth-order valence-corrected chi connectivity index (χ4v) is 1.32. The first-order valence-corrected chi connectivity index (χ1v) is 5.74. The summed E-state index contributed by atoms with van der Waals surface area (Å²) in [4.78, 5) is 23.1. The maximum atomic E-state index is 13.1. The molecule has 98 valence electrons. The second-order valence-corrected chi connectivity index (χ2v) is 3.54. The monoisotopic (exact) mass is 254 g/mol. The van der Waals surface area contributed by atoms with Crippen LogP contribution in [0.2, 0.25) is 0 Å². The number of benzene rings is 1. The maximum Gasteiger partial charge on any atom is 0.379 e. The molecule has 0 radical (unpaired) electrons. The van der Waals surface area contributed by atoms with Gasteiger partial charge >= 0.3 is 5.97 Å². The highest BCUT2D eigenvalue weighted by molar-refractivity contribution is 6.41. The van der Waals surface area contributed by atoms with E-state index in [2.05, 4.69) is 4.74 Å². The van der Waals surface area contributed by atoms with Crippen LogP contribution in [0.25, 0.3) is 0 Å². The molecule has 0 aliphatic carbocycles. The molecule has 0 amide bonds. The molecule has 0 saturated carbocycles. The van der Waals surface area contributed by atoms with Crippen molar-refractivity contribution in [1.82, 2.24) is 0 Å². The summed E-state index contributed by atoms with van der Waals surface area (Å²) in [6, 6.07) is 3.41. The van der Waals surface area contributed by atoms with Crippen LogP contribution < -0.4 is 4.74 Å². The standard InChI is InChI=1S/C13H15FO4/c1-3-7-18-11-8-9(14)5-6-10(11)12(15)13(16)17-4-2/h5-6,8H,3-4,7H2,1-2H3. The van der Waals surface area contributed by atoms with Gasteiger partial charge in [-0.1, -0.05) is 6.92 Å². The van der Waals surface area contributed by atoms with E-state index in [0.717, 1.165) is 12.1 Å². The lowest BCUT2D eigenvalue weighted by Gasteiger charge is -2.09. The predicted octanol–water partition coefficient (Wildman–Crippen LogP) is 2.36. The highest BCUT2D eigenvalue weighted by Crippen LogP contribution is 2.21. The Bertz CT molecular complexity index is 443. The molecule has 5 heteroatoms. The number of halogens is 1. The minimum absolute atomic E-state index is 0.0169. The third-order valence-electron chi connectivity index (χ3n) is 2.11. The lowest BCUT2D eigenvalue weighted by Crippen LogP contribution is -2.18. The van der Waals surface area contributed by atoms with Crippen LogP contribution in [0.15, 0.2) is 18.2 Å². The number of hydrogen-bond acceptors (Lipinski definition) is 4. The SMILES string of the molecule is CCCOc1cc(F)ccc1C(=O)C(=O)OCC. The summed E-state index contributed by atoms with van der Waals surface area (Å²) >= 11 is 0. The fraction of sp³-hybridized carbons (Fsp3) is 0.385. The van der Waals surface area contributed by atoms with Gasteiger partial charge in [0.05, 0.1) is 18.8 Å². The second kappa shape index (κ2) is 6.74. The smallest absolute Gasteiger partial charge is 0.379 e. The molecule has 0 fully saturated rings. The van der Waals surface area contributed by atoms with Gasteiger partial charge in [0.15, 0.2) is 0 Å². The molecule has 0 unspecified atom stereocenters. The van der Waals surface area contributed by atoms with Crippen molar-refractivity contribution in [2.24, 2.45) is 0 Å². The average Bonchev–Trinajstić information content (AvgIpc) is 2.36. The molecule has 0 N–H and O–H groups in total. The van der Waals surface area contributed by atoms with E-state index in [4.69, 9.17) is 4.74 Å². The van der Waals surface area contributed by atoms with E-state index in [0.29, 0.717) is 13.0 Å². The van der Waals surface area contributed by atoms with E-state index in [1.165, 1.54) is 6.07 Å². The van der Waals surface area contributed by atoms with Gasteiger partial charge in [-0.15, -0.1) is 0 Å². The van der Waals surface area contributed by atoms with Crippen molar-refractivity contribution in [3.8, 4) is 5.75 Å². The topological polar surface area (TPSA) is 52.6 Å². The Balaban J connectivity index is 2.99. The maximum absolute atomic E-state index is 13.1. The molecule has 0 saturated heterocycles. The van der Waals surface area contributed by atoms with Crippen LogP contribution >= 0.6 is 0 Å². The number of Topliss-reactive ketones (excluding diaryl/α,β-unsaturated/α-hetero) is 1. The lowest BCUT2D eigenvalue weighted by atomic mass is 10.1. The van der Waals surface area contributed by atoms with E-state index in [9.17, 15) is 14.0 Å². The summed E-state index contributed by atoms with van der Waals surface area (Å²) in [5.41, 5.74) is 0.0169. The van der Waals surface area contributed by atoms with Gasteiger partial charge in [-0.25, -0.2) is 9.18 Å². The highest BCUT2D eigenvalue weighted by Gasteiger charge is 2.22. The molecule has 0 aliphatic rings. The fourth-order valence-electron chi connectivity index (χ4n) is 1.32. The van der Waals surface area contributed by atoms with Crippen molar-refractivity contribution in [3.63, 3.8) is 0 Å². The number of rotatable bonds is 6. The van der Waals surface area contributed by atoms with Gasteiger partial charge in [0.25, 0.3) is 5.78 Å². The van der Waals surface area contributed by atoms with Crippen molar-refractivity contribution in [2.75, 3.05) is 13.2 Å². The Morgan fingerprint density at radius 2 is 2.00 bits per heavy atom. The zero-order chi connectivity index (χ0) is 13.5. The van der Waals surface area contributed by atoms with Crippen molar-refractivity contribution in [1.29, 1.82) is 0 Å². The van der Waals surface area contributed by atoms with Crippen LogP contribution in [0.3, 0.4) is 0 Å². The largest absolute Gasteiger partial charge is 0.493 e. The molecule has 18 heavy (non-hydrogen) atoms. The molecule has 0 spiro atoms. The third kappa shape index (κ3) is 3.55. The quantitative estimate of drug-likeness (QED) is 0.444. The minimum atomic E-state index is -0.967. The first-order chi connectivity index (χ1) is 8.60. The molecule has 4 nitrogen and oxygen atoms in total. The summed E-state index contributed by atoms with van der Waals surface area (Å²) in [6.07, 6.45) is 0.712. The Kier molecular flexibility index (Phi) is 5.30. The van der Waals surface area contributed by atoms with Crippen LogP contribution in [0.4, 0.5) is 4.39 Å².